The van der Waals surface area contributed by atoms with Gasteiger partial charge >= 0.3 is 0 Å². The van der Waals surface area contributed by atoms with Gasteiger partial charge in [0.15, 0.2) is 5.65 Å². The van der Waals surface area contributed by atoms with Gasteiger partial charge in [-0.25, -0.2) is 4.52 Å². The fraction of sp³-hybridized carbons (Fsp3) is 0. The van der Waals surface area contributed by atoms with Crippen molar-refractivity contribution in [2.24, 2.45) is 0 Å². The van der Waals surface area contributed by atoms with Crippen LogP contribution >= 0.6 is 0 Å². The summed E-state index contributed by atoms with van der Waals surface area (Å²) >= 11 is 0. The highest BCUT2D eigenvalue weighted by atomic mass is 16.3. The minimum atomic E-state index is 0.588. The summed E-state index contributed by atoms with van der Waals surface area (Å²) in [6.07, 6.45) is 1.85. The van der Waals surface area contributed by atoms with E-state index in [1.807, 2.05) is 35.0 Å². The van der Waals surface area contributed by atoms with E-state index in [2.05, 4.69) is 106 Å². The molecule has 196 valence electrons. The molecular formula is C36H21N5O. The largest absolute Gasteiger partial charge is 0.436 e. The van der Waals surface area contributed by atoms with E-state index >= 15 is 0 Å². The molecular weight excluding hydrogens is 518 g/mol. The lowest BCUT2D eigenvalue weighted by molar-refractivity contribution is 0.657. The Morgan fingerprint density at radius 3 is 1.90 bits per heavy atom. The van der Waals surface area contributed by atoms with Crippen LogP contribution in [0.5, 0.6) is 0 Å². The van der Waals surface area contributed by atoms with Gasteiger partial charge in [-0.3, -0.25) is 0 Å². The van der Waals surface area contributed by atoms with Crippen molar-refractivity contribution in [2.75, 3.05) is 0 Å². The molecule has 0 fully saturated rings. The van der Waals surface area contributed by atoms with Crippen LogP contribution in [0.3, 0.4) is 0 Å². The Morgan fingerprint density at radius 2 is 1.14 bits per heavy atom. The molecule has 0 bridgehead atoms. The molecule has 0 spiro atoms. The first-order chi connectivity index (χ1) is 20.8. The third-order valence-electron chi connectivity index (χ3n) is 8.54. The molecule has 0 amide bonds. The Hall–Kier alpha value is -5.88. The van der Waals surface area contributed by atoms with E-state index in [0.717, 1.165) is 44.5 Å². The summed E-state index contributed by atoms with van der Waals surface area (Å²) in [6, 6.07) is 42.6. The van der Waals surface area contributed by atoms with E-state index in [1.54, 1.807) is 0 Å². The third kappa shape index (κ3) is 2.73. The zero-order valence-electron chi connectivity index (χ0n) is 22.3. The average Bonchev–Trinajstić information content (AvgIpc) is 3.77. The van der Waals surface area contributed by atoms with Crippen LogP contribution in [0, 0.1) is 0 Å². The Kier molecular flexibility index (Phi) is 4.10. The molecule has 0 atom stereocenters. The molecule has 0 saturated carbocycles. The second-order valence-corrected chi connectivity index (χ2v) is 10.7. The molecule has 0 aliphatic heterocycles. The van der Waals surface area contributed by atoms with E-state index in [9.17, 15) is 0 Å². The molecule has 5 aromatic carbocycles. The fourth-order valence-corrected chi connectivity index (χ4v) is 6.79. The zero-order valence-corrected chi connectivity index (χ0v) is 22.3. The van der Waals surface area contributed by atoms with E-state index in [4.69, 9.17) is 14.5 Å². The average molecular weight is 540 g/mol. The van der Waals surface area contributed by atoms with Crippen molar-refractivity contribution in [2.45, 2.75) is 0 Å². The van der Waals surface area contributed by atoms with E-state index < -0.39 is 0 Å². The van der Waals surface area contributed by atoms with Crippen LogP contribution in [0.2, 0.25) is 0 Å². The van der Waals surface area contributed by atoms with Crippen molar-refractivity contribution in [3.63, 3.8) is 0 Å². The predicted molar refractivity (Wildman–Crippen MR) is 169 cm³/mol. The first-order valence-corrected chi connectivity index (χ1v) is 14.0. The number of nitrogens with zero attached hydrogens (tertiary/aromatic N) is 5. The van der Waals surface area contributed by atoms with Crippen LogP contribution in [-0.4, -0.2) is 23.7 Å². The highest BCUT2D eigenvalue weighted by molar-refractivity contribution is 6.19. The monoisotopic (exact) mass is 539 g/mol. The second-order valence-electron chi connectivity index (χ2n) is 10.7. The molecule has 0 aliphatic carbocycles. The van der Waals surface area contributed by atoms with E-state index in [-0.39, 0.29) is 0 Å². The molecule has 0 N–H and O–H groups in total. The standard InChI is InChI=1S/C36H21N5O/c1-2-10-22(11-3-1)39-28-15-7-4-12-23(28)26-21-32-27(20-31(26)39)24-13-5-8-16-29(24)40(32)30-18-19-37-41-34-25-14-6-9-17-33(25)42-36(34)38-35(30)41/h1-21H. The summed E-state index contributed by atoms with van der Waals surface area (Å²) in [4.78, 5) is 4.99. The molecule has 0 aliphatic rings. The van der Waals surface area contributed by atoms with Crippen LogP contribution in [-0.2, 0) is 0 Å². The van der Waals surface area contributed by atoms with Crippen LogP contribution < -0.4 is 0 Å². The highest BCUT2D eigenvalue weighted by Crippen LogP contribution is 2.40. The number of rotatable bonds is 2. The molecule has 10 aromatic rings. The SMILES string of the molecule is c1ccc(-n2c3ccccc3c3cc4c(cc32)c2ccccc2n4-c2ccnn3c2nc2oc4ccccc4c23)cc1. The van der Waals surface area contributed by atoms with Crippen molar-refractivity contribution < 1.29 is 4.42 Å². The smallest absolute Gasteiger partial charge is 0.248 e. The van der Waals surface area contributed by atoms with Crippen LogP contribution in [0.4, 0.5) is 0 Å². The van der Waals surface area contributed by atoms with Gasteiger partial charge in [0.1, 0.15) is 11.1 Å². The number of aromatic nitrogens is 5. The Balaban J connectivity index is 1.36. The maximum atomic E-state index is 6.15. The third-order valence-corrected chi connectivity index (χ3v) is 8.54. The number of furan rings is 1. The number of benzene rings is 5. The molecule has 0 unspecified atom stereocenters. The van der Waals surface area contributed by atoms with Gasteiger partial charge in [-0.15, -0.1) is 0 Å². The lowest BCUT2D eigenvalue weighted by Crippen LogP contribution is -2.00. The van der Waals surface area contributed by atoms with Gasteiger partial charge < -0.3 is 13.6 Å². The molecule has 10 rings (SSSR count). The number of fused-ring (bicyclic) bond motifs is 11. The van der Waals surface area contributed by atoms with Crippen molar-refractivity contribution in [1.82, 2.24) is 23.7 Å². The van der Waals surface area contributed by atoms with Gasteiger partial charge in [0.05, 0.1) is 34.0 Å². The molecule has 42 heavy (non-hydrogen) atoms. The maximum Gasteiger partial charge on any atom is 0.248 e. The quantitative estimate of drug-likeness (QED) is 0.221. The van der Waals surface area contributed by atoms with Gasteiger partial charge in [-0.1, -0.05) is 66.7 Å². The minimum Gasteiger partial charge on any atom is -0.436 e. The summed E-state index contributed by atoms with van der Waals surface area (Å²) in [5, 5.41) is 10.5. The lowest BCUT2D eigenvalue weighted by atomic mass is 10.1. The van der Waals surface area contributed by atoms with Gasteiger partial charge in [0.2, 0.25) is 5.71 Å². The van der Waals surface area contributed by atoms with Crippen molar-refractivity contribution >= 4 is 71.5 Å². The number of imidazole rings is 1. The number of hydrogen-bond donors (Lipinski definition) is 0. The van der Waals surface area contributed by atoms with Gasteiger partial charge in [-0.2, -0.15) is 10.1 Å². The molecule has 5 heterocycles. The van der Waals surface area contributed by atoms with Crippen LogP contribution in [0.25, 0.3) is 82.8 Å². The van der Waals surface area contributed by atoms with Crippen LogP contribution in [0.15, 0.2) is 132 Å². The van der Waals surface area contributed by atoms with Gasteiger partial charge in [-0.05, 0) is 54.6 Å². The van der Waals surface area contributed by atoms with Crippen molar-refractivity contribution in [1.29, 1.82) is 0 Å². The fourth-order valence-electron chi connectivity index (χ4n) is 6.79. The second kappa shape index (κ2) is 7.86. The van der Waals surface area contributed by atoms with Crippen LogP contribution in [0.1, 0.15) is 0 Å². The molecule has 6 heteroatoms. The molecule has 0 saturated heterocycles. The first kappa shape index (κ1) is 21.9. The normalized spacial score (nSPS) is 12.3. The van der Waals surface area contributed by atoms with E-state index in [1.165, 1.54) is 32.6 Å². The highest BCUT2D eigenvalue weighted by Gasteiger charge is 2.22. The Bertz CT molecular complexity index is 2690. The number of para-hydroxylation sites is 4. The molecule has 0 radical (unpaired) electrons. The van der Waals surface area contributed by atoms with Crippen molar-refractivity contribution in [3.05, 3.63) is 128 Å². The minimum absolute atomic E-state index is 0.588. The van der Waals surface area contributed by atoms with E-state index in [0.29, 0.717) is 5.71 Å². The van der Waals surface area contributed by atoms with Gasteiger partial charge in [0.25, 0.3) is 0 Å². The summed E-state index contributed by atoms with van der Waals surface area (Å²) < 4.78 is 12.8. The Morgan fingerprint density at radius 1 is 0.524 bits per heavy atom. The molecule has 6 nitrogen and oxygen atoms in total. The zero-order chi connectivity index (χ0) is 27.4. The summed E-state index contributed by atoms with van der Waals surface area (Å²) in [5.74, 6) is 0. The predicted octanol–water partition coefficient (Wildman–Crippen LogP) is 8.82. The van der Waals surface area contributed by atoms with Crippen molar-refractivity contribution in [3.8, 4) is 11.4 Å². The Labute approximate surface area is 238 Å². The summed E-state index contributed by atoms with van der Waals surface area (Å²) in [6.45, 7) is 0. The summed E-state index contributed by atoms with van der Waals surface area (Å²) in [5.41, 5.74) is 9.76. The van der Waals surface area contributed by atoms with Gasteiger partial charge in [0, 0.05) is 32.6 Å². The lowest BCUT2D eigenvalue weighted by Gasteiger charge is -2.10. The first-order valence-electron chi connectivity index (χ1n) is 14.0. The molecule has 5 aromatic heterocycles. The topological polar surface area (TPSA) is 53.2 Å². The maximum absolute atomic E-state index is 6.15. The number of hydrogen-bond acceptors (Lipinski definition) is 3. The summed E-state index contributed by atoms with van der Waals surface area (Å²) in [7, 11) is 0.